The number of hydrogen-bond donors (Lipinski definition) is 0. The van der Waals surface area contributed by atoms with Gasteiger partial charge in [0.2, 0.25) is 5.89 Å². The number of carbonyl (C=O) groups excluding carboxylic acids is 1. The largest absolute Gasteiger partial charge is 0.452 e. The van der Waals surface area contributed by atoms with Crippen LogP contribution < -0.4 is 0 Å². The zero-order chi connectivity index (χ0) is 18.6. The second-order valence-corrected chi connectivity index (χ2v) is 7.93. The average Bonchev–Trinajstić information content (AvgIpc) is 3.30. The molecule has 0 saturated heterocycles. The third-order valence-corrected chi connectivity index (χ3v) is 5.68. The van der Waals surface area contributed by atoms with Crippen molar-refractivity contribution in [3.8, 4) is 0 Å². The second kappa shape index (κ2) is 7.94. The molecule has 0 unspecified atom stereocenters. The van der Waals surface area contributed by atoms with E-state index in [1.807, 2.05) is 43.3 Å². The number of aryl methyl sites for hydroxylation is 1. The summed E-state index contributed by atoms with van der Waals surface area (Å²) in [5.41, 5.74) is 3.00. The zero-order valence-electron chi connectivity index (χ0n) is 14.5. The number of para-hydroxylation sites is 2. The number of thiazole rings is 1. The van der Waals surface area contributed by atoms with Gasteiger partial charge in [-0.1, -0.05) is 12.1 Å². The fourth-order valence-electron chi connectivity index (χ4n) is 2.51. The molecule has 0 amide bonds. The van der Waals surface area contributed by atoms with Gasteiger partial charge < -0.3 is 9.15 Å². The molecule has 136 valence electrons. The van der Waals surface area contributed by atoms with Gasteiger partial charge in [-0.2, -0.15) is 0 Å². The number of fused-ring (bicyclic) bond motifs is 1. The molecule has 0 aliphatic heterocycles. The third kappa shape index (κ3) is 4.37. The molecule has 2 heterocycles. The first-order valence-corrected chi connectivity index (χ1v) is 10.2. The Balaban J connectivity index is 1.33. The quantitative estimate of drug-likeness (QED) is 0.328. The Morgan fingerprint density at radius 3 is 2.70 bits per heavy atom. The number of aromatic nitrogens is 2. The second-order valence-electron chi connectivity index (χ2n) is 5.82. The van der Waals surface area contributed by atoms with Crippen molar-refractivity contribution in [3.63, 3.8) is 0 Å². The van der Waals surface area contributed by atoms with Gasteiger partial charge in [-0.15, -0.1) is 23.1 Å². The SMILES string of the molecule is Cc1nc(CSc2ccc(C(=O)OCc3nc4ccccc4o3)cc2)cs1. The lowest BCUT2D eigenvalue weighted by molar-refractivity contribution is 0.0440. The number of hydrogen-bond acceptors (Lipinski definition) is 7. The normalized spacial score (nSPS) is 11.0. The molecule has 0 atom stereocenters. The van der Waals surface area contributed by atoms with Gasteiger partial charge in [-0.25, -0.2) is 14.8 Å². The van der Waals surface area contributed by atoms with E-state index in [1.165, 1.54) is 0 Å². The van der Waals surface area contributed by atoms with Crippen molar-refractivity contribution in [1.82, 2.24) is 9.97 Å². The first-order chi connectivity index (χ1) is 13.2. The Morgan fingerprint density at radius 2 is 1.96 bits per heavy atom. The Hall–Kier alpha value is -2.64. The maximum absolute atomic E-state index is 12.2. The van der Waals surface area contributed by atoms with E-state index in [2.05, 4.69) is 15.3 Å². The number of ether oxygens (including phenoxy) is 1. The van der Waals surface area contributed by atoms with E-state index in [4.69, 9.17) is 9.15 Å². The van der Waals surface area contributed by atoms with Crippen LogP contribution in [0.1, 0.15) is 27.0 Å². The van der Waals surface area contributed by atoms with Crippen LogP contribution >= 0.6 is 23.1 Å². The highest BCUT2D eigenvalue weighted by Gasteiger charge is 2.11. The average molecular weight is 396 g/mol. The summed E-state index contributed by atoms with van der Waals surface area (Å²) in [5, 5.41) is 3.14. The van der Waals surface area contributed by atoms with Crippen LogP contribution in [0, 0.1) is 6.92 Å². The summed E-state index contributed by atoms with van der Waals surface area (Å²) in [4.78, 5) is 22.0. The van der Waals surface area contributed by atoms with E-state index >= 15 is 0 Å². The van der Waals surface area contributed by atoms with Crippen LogP contribution in [0.5, 0.6) is 0 Å². The van der Waals surface area contributed by atoms with Gasteiger partial charge in [0.1, 0.15) is 5.52 Å². The number of esters is 1. The van der Waals surface area contributed by atoms with E-state index in [-0.39, 0.29) is 6.61 Å². The predicted molar refractivity (Wildman–Crippen MR) is 106 cm³/mol. The molecule has 0 saturated carbocycles. The Morgan fingerprint density at radius 1 is 1.15 bits per heavy atom. The first-order valence-electron chi connectivity index (χ1n) is 8.33. The molecular weight excluding hydrogens is 380 g/mol. The third-order valence-electron chi connectivity index (χ3n) is 3.81. The molecule has 4 rings (SSSR count). The van der Waals surface area contributed by atoms with E-state index in [0.29, 0.717) is 17.0 Å². The predicted octanol–water partition coefficient (Wildman–Crippen LogP) is 5.24. The van der Waals surface area contributed by atoms with Crippen LogP contribution in [0.15, 0.2) is 63.2 Å². The molecule has 0 aliphatic rings. The molecule has 0 spiro atoms. The molecule has 4 aromatic rings. The van der Waals surface area contributed by atoms with E-state index in [9.17, 15) is 4.79 Å². The highest BCUT2D eigenvalue weighted by Crippen LogP contribution is 2.24. The summed E-state index contributed by atoms with van der Waals surface area (Å²) in [6.07, 6.45) is 0. The summed E-state index contributed by atoms with van der Waals surface area (Å²) in [5.74, 6) is 0.797. The summed E-state index contributed by atoms with van der Waals surface area (Å²) >= 11 is 3.34. The molecule has 2 aromatic heterocycles. The van der Waals surface area contributed by atoms with Gasteiger partial charge in [-0.05, 0) is 43.3 Å². The topological polar surface area (TPSA) is 65.2 Å². The Labute approximate surface area is 164 Å². The van der Waals surface area contributed by atoms with Crippen LogP contribution in [0.3, 0.4) is 0 Å². The van der Waals surface area contributed by atoms with Crippen molar-refractivity contribution < 1.29 is 13.9 Å². The lowest BCUT2D eigenvalue weighted by atomic mass is 10.2. The Bertz CT molecular complexity index is 1040. The fourth-order valence-corrected chi connectivity index (χ4v) is 4.02. The van der Waals surface area contributed by atoms with Crippen LogP contribution in [0.2, 0.25) is 0 Å². The number of oxazole rings is 1. The minimum atomic E-state index is -0.399. The summed E-state index contributed by atoms with van der Waals surface area (Å²) in [6.45, 7) is 2.01. The van der Waals surface area contributed by atoms with Crippen LogP contribution in [-0.2, 0) is 17.1 Å². The molecule has 0 bridgehead atoms. The summed E-state index contributed by atoms with van der Waals surface area (Å²) < 4.78 is 10.9. The van der Waals surface area contributed by atoms with Gasteiger partial charge >= 0.3 is 5.97 Å². The summed E-state index contributed by atoms with van der Waals surface area (Å²) in [7, 11) is 0. The van der Waals surface area contributed by atoms with Gasteiger partial charge in [-0.3, -0.25) is 0 Å². The highest BCUT2D eigenvalue weighted by atomic mass is 32.2. The fraction of sp³-hybridized carbons (Fsp3) is 0.150. The molecular formula is C20H16N2O3S2. The number of carbonyl (C=O) groups is 1. The smallest absolute Gasteiger partial charge is 0.338 e. The monoisotopic (exact) mass is 396 g/mol. The molecule has 0 fully saturated rings. The molecule has 0 N–H and O–H groups in total. The number of nitrogens with zero attached hydrogens (tertiary/aromatic N) is 2. The molecule has 7 heteroatoms. The lowest BCUT2D eigenvalue weighted by Gasteiger charge is -2.04. The van der Waals surface area contributed by atoms with Gasteiger partial charge in [0.05, 0.1) is 16.3 Å². The summed E-state index contributed by atoms with van der Waals surface area (Å²) in [6, 6.07) is 14.8. The molecule has 27 heavy (non-hydrogen) atoms. The van der Waals surface area contributed by atoms with Crippen LogP contribution in [0.25, 0.3) is 11.1 Å². The zero-order valence-corrected chi connectivity index (χ0v) is 16.2. The Kier molecular flexibility index (Phi) is 5.22. The van der Waals surface area contributed by atoms with E-state index in [1.54, 1.807) is 35.2 Å². The van der Waals surface area contributed by atoms with Crippen LogP contribution in [0.4, 0.5) is 0 Å². The first kappa shape index (κ1) is 17.8. The molecule has 5 nitrogen and oxygen atoms in total. The van der Waals surface area contributed by atoms with Crippen molar-refractivity contribution in [2.75, 3.05) is 0 Å². The van der Waals surface area contributed by atoms with Crippen LogP contribution in [-0.4, -0.2) is 15.9 Å². The van der Waals surface area contributed by atoms with Gasteiger partial charge in [0.25, 0.3) is 0 Å². The highest BCUT2D eigenvalue weighted by molar-refractivity contribution is 7.98. The van der Waals surface area contributed by atoms with Crippen molar-refractivity contribution in [2.45, 2.75) is 24.2 Å². The van der Waals surface area contributed by atoms with Gasteiger partial charge in [0.15, 0.2) is 12.2 Å². The van der Waals surface area contributed by atoms with Gasteiger partial charge in [0, 0.05) is 16.0 Å². The van der Waals surface area contributed by atoms with E-state index in [0.717, 1.165) is 26.9 Å². The molecule has 2 aromatic carbocycles. The maximum atomic E-state index is 12.2. The number of benzene rings is 2. The maximum Gasteiger partial charge on any atom is 0.338 e. The van der Waals surface area contributed by atoms with Crippen molar-refractivity contribution in [2.24, 2.45) is 0 Å². The van der Waals surface area contributed by atoms with Crippen molar-refractivity contribution in [3.05, 3.63) is 76.1 Å². The van der Waals surface area contributed by atoms with Crippen molar-refractivity contribution >= 4 is 40.2 Å². The van der Waals surface area contributed by atoms with E-state index < -0.39 is 5.97 Å². The minimum absolute atomic E-state index is 0.00713. The minimum Gasteiger partial charge on any atom is -0.452 e. The standard InChI is InChI=1S/C20H16N2O3S2/c1-13-21-15(11-26-13)12-27-16-8-6-14(7-9-16)20(23)24-10-19-22-17-4-2-3-5-18(17)25-19/h2-9,11H,10,12H2,1H3. The lowest BCUT2D eigenvalue weighted by Crippen LogP contribution is -2.05. The molecule has 0 aliphatic carbocycles. The number of rotatable bonds is 6. The molecule has 0 radical (unpaired) electrons. The number of thioether (sulfide) groups is 1. The van der Waals surface area contributed by atoms with Crippen molar-refractivity contribution in [1.29, 1.82) is 0 Å².